The van der Waals surface area contributed by atoms with Crippen molar-refractivity contribution in [2.75, 3.05) is 18.0 Å². The first-order chi connectivity index (χ1) is 18.2. The Morgan fingerprint density at radius 2 is 1.68 bits per heavy atom. The summed E-state index contributed by atoms with van der Waals surface area (Å²) in [4.78, 5) is 13.0. The van der Waals surface area contributed by atoms with E-state index in [1.807, 2.05) is 57.2 Å². The van der Waals surface area contributed by atoms with Gasteiger partial charge in [-0.1, -0.05) is 42.0 Å². The molecule has 1 heterocycles. The summed E-state index contributed by atoms with van der Waals surface area (Å²) in [6.45, 7) is 5.38. The smallest absolute Gasteiger partial charge is 0.264 e. The number of para-hydroxylation sites is 1. The second kappa shape index (κ2) is 11.4. The molecule has 8 nitrogen and oxygen atoms in total. The summed E-state index contributed by atoms with van der Waals surface area (Å²) in [5, 5.41) is 4.11. The van der Waals surface area contributed by atoms with Gasteiger partial charge in [-0.3, -0.25) is 9.10 Å². The first kappa shape index (κ1) is 26.7. The number of aromatic nitrogens is 1. The molecular formula is C29H30N4O4S. The monoisotopic (exact) mass is 530 g/mol. The number of methoxy groups -OCH3 is 1. The summed E-state index contributed by atoms with van der Waals surface area (Å²) in [6.07, 6.45) is 1.56. The average molecular weight is 531 g/mol. The van der Waals surface area contributed by atoms with Gasteiger partial charge < -0.3 is 9.30 Å². The molecule has 0 aliphatic rings. The lowest BCUT2D eigenvalue weighted by molar-refractivity contribution is -0.119. The fourth-order valence-electron chi connectivity index (χ4n) is 4.15. The highest BCUT2D eigenvalue weighted by atomic mass is 32.2. The van der Waals surface area contributed by atoms with Crippen LogP contribution in [0.4, 0.5) is 5.69 Å². The van der Waals surface area contributed by atoms with Crippen LogP contribution in [0.25, 0.3) is 5.69 Å². The third-order valence-corrected chi connectivity index (χ3v) is 7.90. The van der Waals surface area contributed by atoms with Gasteiger partial charge in [0.1, 0.15) is 12.3 Å². The lowest BCUT2D eigenvalue weighted by Gasteiger charge is -2.24. The number of sulfonamides is 1. The fourth-order valence-corrected chi connectivity index (χ4v) is 5.56. The quantitative estimate of drug-likeness (QED) is 0.250. The number of ether oxygens (including phenoxy) is 1. The minimum Gasteiger partial charge on any atom is -0.497 e. The van der Waals surface area contributed by atoms with Gasteiger partial charge in [-0.2, -0.15) is 5.10 Å². The first-order valence-corrected chi connectivity index (χ1v) is 13.4. The summed E-state index contributed by atoms with van der Waals surface area (Å²) >= 11 is 0. The molecule has 0 fully saturated rings. The van der Waals surface area contributed by atoms with Gasteiger partial charge in [0.2, 0.25) is 0 Å². The maximum Gasteiger partial charge on any atom is 0.264 e. The Balaban J connectivity index is 1.57. The molecule has 0 radical (unpaired) electrons. The topological polar surface area (TPSA) is 93.0 Å². The number of hydrogen-bond donors (Lipinski definition) is 1. The zero-order chi connectivity index (χ0) is 27.3. The lowest BCUT2D eigenvalue weighted by atomic mass is 10.2. The van der Waals surface area contributed by atoms with Gasteiger partial charge in [-0.25, -0.2) is 13.8 Å². The zero-order valence-electron chi connectivity index (χ0n) is 21.8. The van der Waals surface area contributed by atoms with Crippen molar-refractivity contribution in [3.63, 3.8) is 0 Å². The molecule has 0 saturated carbocycles. The van der Waals surface area contributed by atoms with Crippen LogP contribution in [-0.2, 0) is 14.8 Å². The zero-order valence-corrected chi connectivity index (χ0v) is 22.6. The molecule has 0 unspecified atom stereocenters. The van der Waals surface area contributed by atoms with Crippen LogP contribution in [-0.4, -0.2) is 38.8 Å². The molecule has 1 amide bonds. The van der Waals surface area contributed by atoms with Crippen molar-refractivity contribution in [2.24, 2.45) is 5.10 Å². The van der Waals surface area contributed by atoms with Crippen molar-refractivity contribution in [2.45, 2.75) is 25.7 Å². The Labute approximate surface area is 223 Å². The number of hydrogen-bond acceptors (Lipinski definition) is 5. The molecular weight excluding hydrogens is 500 g/mol. The summed E-state index contributed by atoms with van der Waals surface area (Å²) in [5.41, 5.74) is 7.55. The Hall–Kier alpha value is -4.37. The number of amides is 1. The number of nitrogens with one attached hydrogen (secondary N) is 1. The maximum atomic E-state index is 13.6. The Morgan fingerprint density at radius 1 is 0.974 bits per heavy atom. The number of benzene rings is 3. The minimum atomic E-state index is -4.05. The number of carbonyl (C=O) groups is 1. The second-order valence-electron chi connectivity index (χ2n) is 8.82. The molecule has 0 aliphatic heterocycles. The minimum absolute atomic E-state index is 0.0792. The predicted molar refractivity (Wildman–Crippen MR) is 150 cm³/mol. The number of carbonyl (C=O) groups excluding carboxylic acids is 1. The molecule has 38 heavy (non-hydrogen) atoms. The molecule has 4 aromatic rings. The number of anilines is 1. The first-order valence-electron chi connectivity index (χ1n) is 12.0. The molecule has 0 bridgehead atoms. The number of hydrazone groups is 1. The van der Waals surface area contributed by atoms with Gasteiger partial charge in [-0.15, -0.1) is 0 Å². The van der Waals surface area contributed by atoms with E-state index in [0.29, 0.717) is 11.4 Å². The van der Waals surface area contributed by atoms with Crippen LogP contribution in [0.2, 0.25) is 0 Å². The van der Waals surface area contributed by atoms with Crippen molar-refractivity contribution in [1.82, 2.24) is 9.99 Å². The van der Waals surface area contributed by atoms with Crippen LogP contribution >= 0.6 is 0 Å². The molecule has 1 aromatic heterocycles. The number of rotatable bonds is 9. The van der Waals surface area contributed by atoms with Gasteiger partial charge in [0.25, 0.3) is 15.9 Å². The van der Waals surface area contributed by atoms with Gasteiger partial charge in [0, 0.05) is 28.7 Å². The van der Waals surface area contributed by atoms with E-state index in [1.165, 1.54) is 19.2 Å². The second-order valence-corrected chi connectivity index (χ2v) is 10.7. The van der Waals surface area contributed by atoms with E-state index in [1.54, 1.807) is 42.6 Å². The van der Waals surface area contributed by atoms with Crippen molar-refractivity contribution in [1.29, 1.82) is 0 Å². The predicted octanol–water partition coefficient (Wildman–Crippen LogP) is 4.76. The van der Waals surface area contributed by atoms with Crippen LogP contribution in [0.3, 0.4) is 0 Å². The SMILES string of the molecule is COc1cccc(N(CC(=O)N/N=C\c2cc(C)n(-c3ccccc3)c2C)S(=O)(=O)c2ccc(C)cc2)c1. The average Bonchev–Trinajstić information content (AvgIpc) is 3.20. The summed E-state index contributed by atoms with van der Waals surface area (Å²) < 4.78 is 35.5. The standard InChI is InChI=1S/C29H30N4O4S/c1-21-13-15-28(16-14-21)38(35,36)32(26-11-8-12-27(18-26)37-4)20-29(34)31-30-19-24-17-22(2)33(23(24)3)25-9-6-5-7-10-25/h5-19H,20H2,1-4H3,(H,31,34)/b30-19-. The van der Waals surface area contributed by atoms with E-state index in [2.05, 4.69) is 15.1 Å². The normalized spacial score (nSPS) is 11.5. The molecule has 0 saturated heterocycles. The highest BCUT2D eigenvalue weighted by Crippen LogP contribution is 2.27. The van der Waals surface area contributed by atoms with Crippen molar-refractivity contribution in [3.05, 3.63) is 107 Å². The molecule has 0 spiro atoms. The van der Waals surface area contributed by atoms with Gasteiger partial charge in [0.15, 0.2) is 0 Å². The highest BCUT2D eigenvalue weighted by Gasteiger charge is 2.27. The third kappa shape index (κ3) is 5.78. The van der Waals surface area contributed by atoms with Crippen LogP contribution in [0, 0.1) is 20.8 Å². The van der Waals surface area contributed by atoms with Gasteiger partial charge in [0.05, 0.1) is 23.9 Å². The van der Waals surface area contributed by atoms with Crippen LogP contribution in [0.15, 0.2) is 94.9 Å². The van der Waals surface area contributed by atoms with E-state index in [4.69, 9.17) is 4.74 Å². The summed E-state index contributed by atoms with van der Waals surface area (Å²) in [6, 6.07) is 25.0. The highest BCUT2D eigenvalue weighted by molar-refractivity contribution is 7.92. The fraction of sp³-hybridized carbons (Fsp3) is 0.172. The Bertz CT molecular complexity index is 1560. The van der Waals surface area contributed by atoms with E-state index >= 15 is 0 Å². The summed E-state index contributed by atoms with van der Waals surface area (Å²) in [7, 11) is -2.55. The lowest BCUT2D eigenvalue weighted by Crippen LogP contribution is -2.39. The van der Waals surface area contributed by atoms with E-state index in [0.717, 1.165) is 32.5 Å². The third-order valence-electron chi connectivity index (χ3n) is 6.12. The van der Waals surface area contributed by atoms with E-state index in [-0.39, 0.29) is 4.90 Å². The van der Waals surface area contributed by atoms with Gasteiger partial charge in [-0.05, 0) is 63.2 Å². The molecule has 3 aromatic carbocycles. The van der Waals surface area contributed by atoms with E-state index in [9.17, 15) is 13.2 Å². The molecule has 0 aliphatic carbocycles. The molecule has 9 heteroatoms. The van der Waals surface area contributed by atoms with Crippen molar-refractivity contribution in [3.8, 4) is 11.4 Å². The maximum absolute atomic E-state index is 13.6. The largest absolute Gasteiger partial charge is 0.497 e. The van der Waals surface area contributed by atoms with Crippen molar-refractivity contribution < 1.29 is 17.9 Å². The number of nitrogens with zero attached hydrogens (tertiary/aromatic N) is 3. The molecule has 1 N–H and O–H groups in total. The Morgan fingerprint density at radius 3 is 2.37 bits per heavy atom. The van der Waals surface area contributed by atoms with E-state index < -0.39 is 22.5 Å². The van der Waals surface area contributed by atoms with Gasteiger partial charge >= 0.3 is 0 Å². The van der Waals surface area contributed by atoms with Crippen LogP contribution in [0.1, 0.15) is 22.5 Å². The van der Waals surface area contributed by atoms with Crippen molar-refractivity contribution >= 4 is 27.8 Å². The summed E-state index contributed by atoms with van der Waals surface area (Å²) in [5.74, 6) is -0.115. The van der Waals surface area contributed by atoms with Crippen LogP contribution < -0.4 is 14.5 Å². The molecule has 196 valence electrons. The molecule has 4 rings (SSSR count). The number of aryl methyl sites for hydroxylation is 2. The molecule has 0 atom stereocenters. The Kier molecular flexibility index (Phi) is 7.97. The van der Waals surface area contributed by atoms with Crippen LogP contribution in [0.5, 0.6) is 5.75 Å².